The van der Waals surface area contributed by atoms with Crippen molar-refractivity contribution < 1.29 is 19.4 Å². The van der Waals surface area contributed by atoms with Crippen molar-refractivity contribution in [2.45, 2.75) is 0 Å². The summed E-state index contributed by atoms with van der Waals surface area (Å²) in [5, 5.41) is 11.0. The minimum absolute atomic E-state index is 0.134. The van der Waals surface area contributed by atoms with Gasteiger partial charge in [-0.05, 0) is 24.3 Å². The second-order valence-electron chi connectivity index (χ2n) is 5.14. The Hall–Kier alpha value is -2.90. The number of hydrogen-bond donors (Lipinski definition) is 1. The van der Waals surface area contributed by atoms with Crippen molar-refractivity contribution >= 4 is 45.6 Å². The molecule has 0 unspecified atom stereocenters. The Morgan fingerprint density at radius 2 is 1.96 bits per heavy atom. The van der Waals surface area contributed by atoms with E-state index >= 15 is 0 Å². The average Bonchev–Trinajstić information content (AvgIpc) is 3.12. The zero-order valence-corrected chi connectivity index (χ0v) is 15.1. The third-order valence-electron chi connectivity index (χ3n) is 3.52. The van der Waals surface area contributed by atoms with Crippen molar-refractivity contribution in [1.82, 2.24) is 4.98 Å². The number of carboxylic acid groups (broad SMARTS) is 1. The Labute approximate surface area is 158 Å². The molecule has 2 aromatic carbocycles. The largest absolute Gasteiger partial charge is 0.497 e. The van der Waals surface area contributed by atoms with Crippen molar-refractivity contribution in [3.8, 4) is 5.75 Å². The predicted molar refractivity (Wildman–Crippen MR) is 100.0 cm³/mol. The fraction of sp³-hybridized carbons (Fsp3) is 0.0556. The topological polar surface area (TPSA) is 79.7 Å². The first kappa shape index (κ1) is 17.9. The highest BCUT2D eigenvalue weighted by atomic mass is 35.5. The van der Waals surface area contributed by atoms with E-state index in [1.165, 1.54) is 17.4 Å². The zero-order valence-electron chi connectivity index (χ0n) is 13.5. The van der Waals surface area contributed by atoms with E-state index in [4.69, 9.17) is 21.4 Å². The minimum atomic E-state index is -1.16. The van der Waals surface area contributed by atoms with E-state index in [2.05, 4.69) is 4.98 Å². The van der Waals surface area contributed by atoms with Gasteiger partial charge in [-0.1, -0.05) is 29.8 Å². The number of thiazole rings is 1. The lowest BCUT2D eigenvalue weighted by Crippen LogP contribution is -2.26. The summed E-state index contributed by atoms with van der Waals surface area (Å²) < 4.78 is 5.22. The van der Waals surface area contributed by atoms with E-state index < -0.39 is 11.9 Å². The first-order valence-electron chi connectivity index (χ1n) is 7.43. The van der Waals surface area contributed by atoms with Gasteiger partial charge >= 0.3 is 5.97 Å². The number of amides is 1. The Balaban J connectivity index is 2.13. The minimum Gasteiger partial charge on any atom is -0.497 e. The van der Waals surface area contributed by atoms with Gasteiger partial charge in [0.2, 0.25) is 0 Å². The maximum atomic E-state index is 13.2. The summed E-state index contributed by atoms with van der Waals surface area (Å²) in [6.07, 6.45) is 0. The molecule has 1 aromatic heterocycles. The van der Waals surface area contributed by atoms with E-state index in [1.54, 1.807) is 48.5 Å². The van der Waals surface area contributed by atoms with Gasteiger partial charge in [-0.15, -0.1) is 11.3 Å². The lowest BCUT2D eigenvalue weighted by Gasteiger charge is -2.21. The maximum Gasteiger partial charge on any atom is 0.355 e. The molecular formula is C18H13ClN2O4S. The van der Waals surface area contributed by atoms with E-state index in [0.717, 1.165) is 11.3 Å². The summed E-state index contributed by atoms with van der Waals surface area (Å²) in [5.74, 6) is -1.03. The highest BCUT2D eigenvalue weighted by molar-refractivity contribution is 7.14. The fourth-order valence-corrected chi connectivity index (χ4v) is 3.32. The van der Waals surface area contributed by atoms with Gasteiger partial charge in [0.1, 0.15) is 5.75 Å². The maximum absolute atomic E-state index is 13.2. The number of anilines is 2. The van der Waals surface area contributed by atoms with Crippen molar-refractivity contribution in [1.29, 1.82) is 0 Å². The zero-order chi connectivity index (χ0) is 18.7. The van der Waals surface area contributed by atoms with Gasteiger partial charge in [0.15, 0.2) is 10.8 Å². The van der Waals surface area contributed by atoms with E-state index in [1.807, 2.05) is 0 Å². The second-order valence-corrected chi connectivity index (χ2v) is 6.39. The van der Waals surface area contributed by atoms with Crippen molar-refractivity contribution in [2.24, 2.45) is 0 Å². The van der Waals surface area contributed by atoms with Gasteiger partial charge in [-0.25, -0.2) is 9.78 Å². The molecule has 8 heteroatoms. The summed E-state index contributed by atoms with van der Waals surface area (Å²) in [6.45, 7) is 0. The Morgan fingerprint density at radius 3 is 2.62 bits per heavy atom. The SMILES string of the molecule is COc1cccc(N(C(=O)c2ccccc2Cl)c2nc(C(=O)O)cs2)c1. The fourth-order valence-electron chi connectivity index (χ4n) is 2.28. The Morgan fingerprint density at radius 1 is 1.19 bits per heavy atom. The van der Waals surface area contributed by atoms with Gasteiger partial charge in [0, 0.05) is 11.4 Å². The van der Waals surface area contributed by atoms with Crippen LogP contribution in [0.4, 0.5) is 10.8 Å². The van der Waals surface area contributed by atoms with Crippen LogP contribution in [0.25, 0.3) is 0 Å². The molecule has 0 aliphatic rings. The molecular weight excluding hydrogens is 376 g/mol. The van der Waals surface area contributed by atoms with Gasteiger partial charge < -0.3 is 9.84 Å². The lowest BCUT2D eigenvalue weighted by atomic mass is 10.2. The number of aromatic nitrogens is 1. The van der Waals surface area contributed by atoms with Crippen molar-refractivity contribution in [3.63, 3.8) is 0 Å². The average molecular weight is 389 g/mol. The van der Waals surface area contributed by atoms with Crippen LogP contribution in [0.2, 0.25) is 5.02 Å². The molecule has 3 rings (SSSR count). The summed E-state index contributed by atoms with van der Waals surface area (Å²) >= 11 is 7.22. The number of halogens is 1. The molecule has 0 radical (unpaired) electrons. The number of aromatic carboxylic acids is 1. The molecule has 1 heterocycles. The summed E-state index contributed by atoms with van der Waals surface area (Å²) in [4.78, 5) is 29.7. The number of ether oxygens (including phenoxy) is 1. The van der Waals surface area contributed by atoms with Crippen LogP contribution >= 0.6 is 22.9 Å². The highest BCUT2D eigenvalue weighted by Crippen LogP contribution is 2.33. The highest BCUT2D eigenvalue weighted by Gasteiger charge is 2.25. The molecule has 0 bridgehead atoms. The monoisotopic (exact) mass is 388 g/mol. The number of carboxylic acids is 1. The van der Waals surface area contributed by atoms with Crippen molar-refractivity contribution in [2.75, 3.05) is 12.0 Å². The molecule has 0 saturated carbocycles. The number of carbonyl (C=O) groups is 2. The Kier molecular flexibility index (Phi) is 5.20. The number of methoxy groups -OCH3 is 1. The second kappa shape index (κ2) is 7.55. The Bertz CT molecular complexity index is 973. The van der Waals surface area contributed by atoms with Crippen LogP contribution in [0, 0.1) is 0 Å². The van der Waals surface area contributed by atoms with Crippen LogP contribution in [-0.2, 0) is 0 Å². The normalized spacial score (nSPS) is 10.4. The van der Waals surface area contributed by atoms with Gasteiger partial charge in [-0.3, -0.25) is 9.69 Å². The third kappa shape index (κ3) is 3.54. The molecule has 0 spiro atoms. The van der Waals surface area contributed by atoms with E-state index in [0.29, 0.717) is 16.5 Å². The van der Waals surface area contributed by atoms with E-state index in [9.17, 15) is 9.59 Å². The lowest BCUT2D eigenvalue weighted by molar-refractivity contribution is 0.0691. The van der Waals surface area contributed by atoms with Gasteiger partial charge in [0.25, 0.3) is 5.91 Å². The molecule has 132 valence electrons. The molecule has 0 aliphatic heterocycles. The molecule has 26 heavy (non-hydrogen) atoms. The molecule has 0 fully saturated rings. The molecule has 3 aromatic rings. The summed E-state index contributed by atoms with van der Waals surface area (Å²) in [7, 11) is 1.52. The number of carbonyl (C=O) groups excluding carboxylic acids is 1. The molecule has 1 amide bonds. The summed E-state index contributed by atoms with van der Waals surface area (Å²) in [5.41, 5.74) is 0.634. The first-order chi connectivity index (χ1) is 12.5. The predicted octanol–water partition coefficient (Wildman–Crippen LogP) is 4.48. The van der Waals surface area contributed by atoms with Crippen LogP contribution in [-0.4, -0.2) is 29.1 Å². The number of rotatable bonds is 5. The smallest absolute Gasteiger partial charge is 0.355 e. The van der Waals surface area contributed by atoms with Gasteiger partial charge in [0.05, 0.1) is 23.4 Å². The van der Waals surface area contributed by atoms with Crippen LogP contribution in [0.1, 0.15) is 20.8 Å². The van der Waals surface area contributed by atoms with Crippen LogP contribution in [0.3, 0.4) is 0 Å². The number of benzene rings is 2. The van der Waals surface area contributed by atoms with Crippen LogP contribution < -0.4 is 9.64 Å². The van der Waals surface area contributed by atoms with E-state index in [-0.39, 0.29) is 16.4 Å². The molecule has 0 atom stereocenters. The first-order valence-corrected chi connectivity index (χ1v) is 8.69. The molecule has 0 aliphatic carbocycles. The number of nitrogens with zero attached hydrogens (tertiary/aromatic N) is 2. The molecule has 6 nitrogen and oxygen atoms in total. The van der Waals surface area contributed by atoms with Crippen LogP contribution in [0.5, 0.6) is 5.75 Å². The molecule has 1 N–H and O–H groups in total. The molecule has 0 saturated heterocycles. The summed E-state index contributed by atoms with van der Waals surface area (Å²) in [6, 6.07) is 13.5. The third-order valence-corrected chi connectivity index (χ3v) is 4.68. The van der Waals surface area contributed by atoms with Crippen molar-refractivity contribution in [3.05, 3.63) is 70.2 Å². The number of hydrogen-bond acceptors (Lipinski definition) is 5. The van der Waals surface area contributed by atoms with Crippen LogP contribution in [0.15, 0.2) is 53.9 Å². The quantitative estimate of drug-likeness (QED) is 0.697. The van der Waals surface area contributed by atoms with Gasteiger partial charge in [-0.2, -0.15) is 0 Å². The standard InChI is InChI=1S/C18H13ClN2O4S/c1-25-12-6-4-5-11(9-12)21(18-20-15(10-26-18)17(23)24)16(22)13-7-2-3-8-14(13)19/h2-10H,1H3,(H,23,24).